The second-order valence-corrected chi connectivity index (χ2v) is 13.8. The highest BCUT2D eigenvalue weighted by Gasteiger charge is 2.52. The van der Waals surface area contributed by atoms with Crippen molar-refractivity contribution >= 4 is 43.0 Å². The van der Waals surface area contributed by atoms with E-state index in [-0.39, 0.29) is 29.3 Å². The molecule has 1 heterocycles. The number of aryl methyl sites for hydroxylation is 2. The van der Waals surface area contributed by atoms with E-state index in [1.54, 1.807) is 0 Å². The first kappa shape index (κ1) is 31.0. The van der Waals surface area contributed by atoms with Crippen LogP contribution in [0.25, 0.3) is 0 Å². The van der Waals surface area contributed by atoms with Gasteiger partial charge in [-0.15, -0.1) is 0 Å². The van der Waals surface area contributed by atoms with Gasteiger partial charge in [-0.3, -0.25) is 4.18 Å². The van der Waals surface area contributed by atoms with E-state index < -0.39 is 0 Å². The van der Waals surface area contributed by atoms with E-state index in [0.29, 0.717) is 0 Å². The third-order valence-corrected chi connectivity index (χ3v) is 10.5. The van der Waals surface area contributed by atoms with Crippen molar-refractivity contribution in [2.45, 2.75) is 123 Å². The molecule has 0 radical (unpaired) electrons. The lowest BCUT2D eigenvalue weighted by Gasteiger charge is -2.34. The Morgan fingerprint density at radius 1 is 0.897 bits per heavy atom. The number of rotatable bonds is 7. The first-order valence-corrected chi connectivity index (χ1v) is 17.8. The minimum atomic E-state index is -0.348. The zero-order chi connectivity index (χ0) is 28.5. The predicted octanol–water partition coefficient (Wildman–Crippen LogP) is 8.78. The first-order valence-electron chi connectivity index (χ1n) is 14.5. The van der Waals surface area contributed by atoms with Crippen LogP contribution in [0.15, 0.2) is 36.4 Å². The summed E-state index contributed by atoms with van der Waals surface area (Å²) < 4.78 is 18.8. The van der Waals surface area contributed by atoms with Gasteiger partial charge >= 0.3 is 7.12 Å². The van der Waals surface area contributed by atoms with Crippen molar-refractivity contribution < 1.29 is 13.5 Å². The fraction of sp³-hybridized carbons (Fsp3) is 0.576. The molecular weight excluding hydrogens is 614 g/mol. The molecule has 1 aliphatic heterocycles. The molecule has 2 aliphatic rings. The lowest BCUT2D eigenvalue weighted by molar-refractivity contribution is 0.00578. The summed E-state index contributed by atoms with van der Waals surface area (Å²) in [5.41, 5.74) is 6.26. The highest BCUT2D eigenvalue weighted by Crippen LogP contribution is 2.41. The van der Waals surface area contributed by atoms with E-state index in [2.05, 4.69) is 125 Å². The standard InChI is InChI=1S/C33H44BIO3S/c1-9-33(10-2,28-16-17-29(25(4)23-28)34-36-30(5,6)31(7,8)37-34)27-15-14-26(24(3)22-27)18-21-32(38-39-35)19-12-11-13-20-32/h14-17,22-23H,9-13,19-20H2,1-8H3. The molecule has 0 aromatic heterocycles. The smallest absolute Gasteiger partial charge is 0.399 e. The van der Waals surface area contributed by atoms with Gasteiger partial charge in [0.05, 0.1) is 20.4 Å². The predicted molar refractivity (Wildman–Crippen MR) is 175 cm³/mol. The van der Waals surface area contributed by atoms with Crippen LogP contribution in [0.2, 0.25) is 0 Å². The molecule has 0 spiro atoms. The maximum Gasteiger partial charge on any atom is 0.495 e. The average Bonchev–Trinajstić information content (AvgIpc) is 3.11. The van der Waals surface area contributed by atoms with E-state index in [1.165, 1.54) is 50.7 Å². The lowest BCUT2D eigenvalue weighted by atomic mass is 9.68. The Hall–Kier alpha value is -0.975. The van der Waals surface area contributed by atoms with Gasteiger partial charge in [-0.2, -0.15) is 0 Å². The normalized spacial score (nSPS) is 20.0. The third-order valence-electron chi connectivity index (χ3n) is 9.59. The largest absolute Gasteiger partial charge is 0.495 e. The monoisotopic (exact) mass is 658 g/mol. The summed E-state index contributed by atoms with van der Waals surface area (Å²) in [6.07, 6.45) is 7.73. The lowest BCUT2D eigenvalue weighted by Crippen LogP contribution is -2.41. The molecule has 1 saturated carbocycles. The van der Waals surface area contributed by atoms with Gasteiger partial charge in [0.1, 0.15) is 5.60 Å². The summed E-state index contributed by atoms with van der Waals surface area (Å²) in [7, 11) is 1.07. The minimum Gasteiger partial charge on any atom is -0.399 e. The molecule has 0 N–H and O–H groups in total. The number of benzene rings is 2. The Labute approximate surface area is 253 Å². The molecule has 1 saturated heterocycles. The van der Waals surface area contributed by atoms with Gasteiger partial charge in [0.2, 0.25) is 0 Å². The summed E-state index contributed by atoms with van der Waals surface area (Å²) in [6.45, 7) is 17.4. The first-order chi connectivity index (χ1) is 18.4. The molecule has 0 amide bonds. The second kappa shape index (κ2) is 12.1. The molecular formula is C33H44BIO3S. The van der Waals surface area contributed by atoms with Crippen molar-refractivity contribution in [2.24, 2.45) is 0 Å². The Kier molecular flexibility index (Phi) is 9.61. The Morgan fingerprint density at radius 2 is 1.46 bits per heavy atom. The van der Waals surface area contributed by atoms with Gasteiger partial charge in [0, 0.05) is 32.2 Å². The Morgan fingerprint density at radius 3 is 1.97 bits per heavy atom. The van der Waals surface area contributed by atoms with Gasteiger partial charge < -0.3 is 9.31 Å². The summed E-state index contributed by atoms with van der Waals surface area (Å²) in [5.74, 6) is 7.05. The molecule has 0 atom stereocenters. The van der Waals surface area contributed by atoms with E-state index in [4.69, 9.17) is 13.5 Å². The molecule has 2 aromatic carbocycles. The average molecular weight is 658 g/mol. The highest BCUT2D eigenvalue weighted by molar-refractivity contribution is 14.2. The van der Waals surface area contributed by atoms with Gasteiger partial charge in [-0.1, -0.05) is 68.0 Å². The molecule has 2 aromatic rings. The van der Waals surface area contributed by atoms with E-state index in [1.807, 2.05) is 0 Å². The summed E-state index contributed by atoms with van der Waals surface area (Å²) in [4.78, 5) is 0. The van der Waals surface area contributed by atoms with Crippen LogP contribution < -0.4 is 5.46 Å². The topological polar surface area (TPSA) is 27.7 Å². The Bertz CT molecular complexity index is 1210. The van der Waals surface area contributed by atoms with E-state index in [0.717, 1.165) is 36.7 Å². The van der Waals surface area contributed by atoms with Crippen LogP contribution in [0, 0.1) is 25.7 Å². The van der Waals surface area contributed by atoms with Gasteiger partial charge in [0.25, 0.3) is 0 Å². The number of hydrogen-bond donors (Lipinski definition) is 0. The van der Waals surface area contributed by atoms with Crippen molar-refractivity contribution in [2.75, 3.05) is 0 Å². The maximum absolute atomic E-state index is 6.37. The minimum absolute atomic E-state index is 0.0680. The molecule has 6 heteroatoms. The zero-order valence-electron chi connectivity index (χ0n) is 25.0. The fourth-order valence-electron chi connectivity index (χ4n) is 6.14. The third kappa shape index (κ3) is 6.14. The van der Waals surface area contributed by atoms with E-state index >= 15 is 0 Å². The van der Waals surface area contributed by atoms with Crippen LogP contribution in [0.4, 0.5) is 0 Å². The number of hydrogen-bond acceptors (Lipinski definition) is 4. The Balaban J connectivity index is 1.65. The van der Waals surface area contributed by atoms with Gasteiger partial charge in [-0.05, 0) is 108 Å². The van der Waals surface area contributed by atoms with Crippen molar-refractivity contribution in [3.8, 4) is 11.8 Å². The van der Waals surface area contributed by atoms with E-state index in [9.17, 15) is 0 Å². The number of halogens is 1. The second-order valence-electron chi connectivity index (χ2n) is 12.4. The molecule has 2 fully saturated rings. The summed E-state index contributed by atoms with van der Waals surface area (Å²) >= 11 is 2.22. The van der Waals surface area contributed by atoms with Gasteiger partial charge in [0.15, 0.2) is 0 Å². The molecule has 3 nitrogen and oxygen atoms in total. The molecule has 39 heavy (non-hydrogen) atoms. The van der Waals surface area contributed by atoms with Crippen LogP contribution in [0.1, 0.15) is 114 Å². The summed E-state index contributed by atoms with van der Waals surface area (Å²) in [5, 5.41) is 0. The zero-order valence-corrected chi connectivity index (χ0v) is 28.0. The quantitative estimate of drug-likeness (QED) is 0.129. The molecule has 0 unspecified atom stereocenters. The van der Waals surface area contributed by atoms with Gasteiger partial charge in [-0.25, -0.2) is 0 Å². The van der Waals surface area contributed by atoms with Crippen LogP contribution in [-0.4, -0.2) is 23.9 Å². The maximum atomic E-state index is 6.37. The van der Waals surface area contributed by atoms with Crippen molar-refractivity contribution in [3.63, 3.8) is 0 Å². The molecule has 0 bridgehead atoms. The molecule has 210 valence electrons. The molecule has 4 rings (SSSR count). The fourth-order valence-corrected chi connectivity index (χ4v) is 7.50. The van der Waals surface area contributed by atoms with Crippen LogP contribution >= 0.6 is 30.4 Å². The summed E-state index contributed by atoms with van der Waals surface area (Å²) in [6, 6.07) is 13.7. The van der Waals surface area contributed by atoms with Crippen LogP contribution in [0.5, 0.6) is 0 Å². The van der Waals surface area contributed by atoms with Crippen molar-refractivity contribution in [1.82, 2.24) is 0 Å². The SMILES string of the molecule is CCC(CC)(c1ccc(C#CC2(OSI)CCCCC2)c(C)c1)c1ccc(B2OC(C)(C)C(C)(C)O2)c(C)c1. The van der Waals surface area contributed by atoms with Crippen molar-refractivity contribution in [1.29, 1.82) is 0 Å². The highest BCUT2D eigenvalue weighted by atomic mass is 127. The van der Waals surface area contributed by atoms with Crippen LogP contribution in [-0.2, 0) is 18.9 Å². The van der Waals surface area contributed by atoms with Crippen LogP contribution in [0.3, 0.4) is 0 Å². The van der Waals surface area contributed by atoms with Crippen molar-refractivity contribution in [3.05, 3.63) is 64.2 Å². The molecule has 1 aliphatic carbocycles.